The summed E-state index contributed by atoms with van der Waals surface area (Å²) >= 11 is 0. The first-order chi connectivity index (χ1) is 7.96. The van der Waals surface area contributed by atoms with E-state index in [9.17, 15) is 13.2 Å². The number of nitrogens with zero attached hydrogens (tertiary/aromatic N) is 1. The zero-order valence-electron chi connectivity index (χ0n) is 9.51. The zero-order chi connectivity index (χ0) is 12.9. The molecule has 1 heterocycles. The predicted octanol–water partition coefficient (Wildman–Crippen LogP) is -0.172. The maximum Gasteiger partial charge on any atom is 0.253 e. The molecule has 94 valence electrons. The molecule has 1 rings (SSSR count). The molecule has 0 spiro atoms. The summed E-state index contributed by atoms with van der Waals surface area (Å²) in [6.07, 6.45) is 2.83. The monoisotopic (exact) mass is 257 g/mol. The molecule has 0 radical (unpaired) electrons. The third-order valence-electron chi connectivity index (χ3n) is 2.23. The van der Waals surface area contributed by atoms with Crippen molar-refractivity contribution in [3.8, 4) is 0 Å². The first kappa shape index (κ1) is 13.4. The van der Waals surface area contributed by atoms with Crippen molar-refractivity contribution in [1.82, 2.24) is 10.3 Å². The van der Waals surface area contributed by atoms with Crippen molar-refractivity contribution >= 4 is 21.4 Å². The van der Waals surface area contributed by atoms with Crippen molar-refractivity contribution in [2.75, 3.05) is 23.8 Å². The van der Waals surface area contributed by atoms with Gasteiger partial charge in [-0.05, 0) is 6.07 Å². The summed E-state index contributed by atoms with van der Waals surface area (Å²) < 4.78 is 22.4. The highest BCUT2D eigenvalue weighted by Gasteiger charge is 2.11. The quantitative estimate of drug-likeness (QED) is 0.762. The number of hydrogen-bond donors (Lipinski definition) is 2. The first-order valence-corrected chi connectivity index (χ1v) is 6.96. The number of nitrogen functional groups attached to an aromatic ring is 1. The van der Waals surface area contributed by atoms with Crippen LogP contribution in [0.4, 0.5) is 5.69 Å². The van der Waals surface area contributed by atoms with E-state index in [0.717, 1.165) is 0 Å². The minimum absolute atomic E-state index is 0.0692. The van der Waals surface area contributed by atoms with E-state index in [0.29, 0.717) is 5.56 Å². The number of amides is 1. The molecule has 1 aromatic heterocycles. The van der Waals surface area contributed by atoms with E-state index in [1.165, 1.54) is 18.5 Å². The molecule has 6 nitrogen and oxygen atoms in total. The minimum Gasteiger partial charge on any atom is -0.397 e. The van der Waals surface area contributed by atoms with Crippen LogP contribution in [0.15, 0.2) is 18.5 Å². The van der Waals surface area contributed by atoms with Gasteiger partial charge in [-0.3, -0.25) is 9.78 Å². The number of aromatic nitrogens is 1. The molecular weight excluding hydrogens is 242 g/mol. The molecule has 0 bridgehead atoms. The molecule has 0 aromatic carbocycles. The van der Waals surface area contributed by atoms with E-state index in [1.54, 1.807) is 6.92 Å². The van der Waals surface area contributed by atoms with Gasteiger partial charge in [0.25, 0.3) is 5.91 Å². The van der Waals surface area contributed by atoms with Crippen molar-refractivity contribution < 1.29 is 13.2 Å². The number of sulfone groups is 1. The summed E-state index contributed by atoms with van der Waals surface area (Å²) in [6, 6.07) is 1.49. The van der Waals surface area contributed by atoms with Gasteiger partial charge in [-0.25, -0.2) is 8.42 Å². The molecule has 1 aromatic rings. The van der Waals surface area contributed by atoms with Gasteiger partial charge in [0, 0.05) is 18.5 Å². The summed E-state index contributed by atoms with van der Waals surface area (Å²) in [5.74, 6) is -0.392. The van der Waals surface area contributed by atoms with E-state index in [2.05, 4.69) is 10.3 Å². The topological polar surface area (TPSA) is 102 Å². The van der Waals surface area contributed by atoms with Crippen molar-refractivity contribution in [2.24, 2.45) is 0 Å². The van der Waals surface area contributed by atoms with Crippen LogP contribution >= 0.6 is 0 Å². The van der Waals surface area contributed by atoms with Crippen LogP contribution in [-0.4, -0.2) is 37.4 Å². The van der Waals surface area contributed by atoms with Crippen LogP contribution in [0.1, 0.15) is 17.3 Å². The number of nitrogens with one attached hydrogen (secondary N) is 1. The van der Waals surface area contributed by atoms with Gasteiger partial charge in [-0.15, -0.1) is 0 Å². The summed E-state index contributed by atoms with van der Waals surface area (Å²) in [5, 5.41) is 2.50. The van der Waals surface area contributed by atoms with Crippen LogP contribution < -0.4 is 11.1 Å². The second-order valence-corrected chi connectivity index (χ2v) is 5.93. The highest BCUT2D eigenvalue weighted by molar-refractivity contribution is 7.91. The lowest BCUT2D eigenvalue weighted by Crippen LogP contribution is -2.30. The number of hydrogen-bond acceptors (Lipinski definition) is 5. The molecule has 0 atom stereocenters. The zero-order valence-corrected chi connectivity index (χ0v) is 10.3. The molecule has 1 amide bonds. The van der Waals surface area contributed by atoms with E-state index >= 15 is 0 Å². The SMILES string of the molecule is CCS(=O)(=O)CCNC(=O)c1ccncc1N. The minimum atomic E-state index is -3.07. The second-order valence-electron chi connectivity index (χ2n) is 3.46. The molecule has 17 heavy (non-hydrogen) atoms. The average molecular weight is 257 g/mol. The van der Waals surface area contributed by atoms with E-state index < -0.39 is 15.7 Å². The fourth-order valence-electron chi connectivity index (χ4n) is 1.17. The van der Waals surface area contributed by atoms with Crippen LogP contribution in [0.25, 0.3) is 0 Å². The standard InChI is InChI=1S/C10H15N3O3S/c1-2-17(15,16)6-5-13-10(14)8-3-4-12-7-9(8)11/h3-4,7H,2,5-6,11H2,1H3,(H,13,14). The predicted molar refractivity (Wildman–Crippen MR) is 65.3 cm³/mol. The molecule has 0 aliphatic rings. The summed E-state index contributed by atoms with van der Waals surface area (Å²) in [7, 11) is -3.07. The Hall–Kier alpha value is -1.63. The summed E-state index contributed by atoms with van der Waals surface area (Å²) in [6.45, 7) is 1.65. The van der Waals surface area contributed by atoms with Gasteiger partial charge in [-0.1, -0.05) is 6.92 Å². The molecular formula is C10H15N3O3S. The van der Waals surface area contributed by atoms with Gasteiger partial charge < -0.3 is 11.1 Å². The maximum absolute atomic E-state index is 11.6. The lowest BCUT2D eigenvalue weighted by Gasteiger charge is -2.06. The highest BCUT2D eigenvalue weighted by atomic mass is 32.2. The fraction of sp³-hybridized carbons (Fsp3) is 0.400. The largest absolute Gasteiger partial charge is 0.397 e. The Balaban J connectivity index is 2.55. The number of pyridine rings is 1. The van der Waals surface area contributed by atoms with Crippen LogP contribution in [0, 0.1) is 0 Å². The number of nitrogens with two attached hydrogens (primary N) is 1. The molecule has 3 N–H and O–H groups in total. The molecule has 0 fully saturated rings. The van der Waals surface area contributed by atoms with Crippen LogP contribution in [0.2, 0.25) is 0 Å². The first-order valence-electron chi connectivity index (χ1n) is 5.14. The Labute approximate surface area is 100 Å². The molecule has 7 heteroatoms. The Kier molecular flexibility index (Phi) is 4.45. The number of carbonyl (C=O) groups excluding carboxylic acids is 1. The van der Waals surface area contributed by atoms with Crippen LogP contribution in [0.5, 0.6) is 0 Å². The molecule has 0 aliphatic carbocycles. The van der Waals surface area contributed by atoms with Crippen molar-refractivity contribution in [3.05, 3.63) is 24.0 Å². The summed E-state index contributed by atoms with van der Waals surface area (Å²) in [5.41, 5.74) is 6.13. The number of anilines is 1. The lowest BCUT2D eigenvalue weighted by atomic mass is 10.2. The third-order valence-corrected chi connectivity index (χ3v) is 3.94. The van der Waals surface area contributed by atoms with E-state index in [4.69, 9.17) is 5.73 Å². The van der Waals surface area contributed by atoms with Gasteiger partial charge >= 0.3 is 0 Å². The average Bonchev–Trinajstić information content (AvgIpc) is 2.29. The summed E-state index contributed by atoms with van der Waals surface area (Å²) in [4.78, 5) is 15.4. The molecule has 0 saturated heterocycles. The van der Waals surface area contributed by atoms with Gasteiger partial charge in [0.15, 0.2) is 9.84 Å². The second kappa shape index (κ2) is 5.62. The van der Waals surface area contributed by atoms with Gasteiger partial charge in [0.05, 0.1) is 23.2 Å². The van der Waals surface area contributed by atoms with Crippen molar-refractivity contribution in [1.29, 1.82) is 0 Å². The molecule has 0 aliphatic heterocycles. The van der Waals surface area contributed by atoms with E-state index in [1.807, 2.05) is 0 Å². The Morgan fingerprint density at radius 1 is 1.53 bits per heavy atom. The fourth-order valence-corrected chi connectivity index (χ4v) is 1.87. The third kappa shape index (κ3) is 4.03. The highest BCUT2D eigenvalue weighted by Crippen LogP contribution is 2.07. The maximum atomic E-state index is 11.6. The lowest BCUT2D eigenvalue weighted by molar-refractivity contribution is 0.0957. The van der Waals surface area contributed by atoms with Gasteiger partial charge in [-0.2, -0.15) is 0 Å². The number of carbonyl (C=O) groups is 1. The Morgan fingerprint density at radius 3 is 2.82 bits per heavy atom. The van der Waals surface area contributed by atoms with Gasteiger partial charge in [0.1, 0.15) is 0 Å². The molecule has 0 saturated carbocycles. The molecule has 0 unspecified atom stereocenters. The number of rotatable bonds is 5. The Bertz CT molecular complexity index is 499. The van der Waals surface area contributed by atoms with Crippen LogP contribution in [0.3, 0.4) is 0 Å². The smallest absolute Gasteiger partial charge is 0.253 e. The normalized spacial score (nSPS) is 11.1. The van der Waals surface area contributed by atoms with Crippen molar-refractivity contribution in [2.45, 2.75) is 6.92 Å². The van der Waals surface area contributed by atoms with Crippen LogP contribution in [-0.2, 0) is 9.84 Å². The van der Waals surface area contributed by atoms with Gasteiger partial charge in [0.2, 0.25) is 0 Å². The van der Waals surface area contributed by atoms with E-state index in [-0.39, 0.29) is 23.7 Å². The van der Waals surface area contributed by atoms with Crippen molar-refractivity contribution in [3.63, 3.8) is 0 Å². The Morgan fingerprint density at radius 2 is 2.24 bits per heavy atom.